The molecular formula is C21H21ClN6O. The van der Waals surface area contributed by atoms with Gasteiger partial charge in [-0.2, -0.15) is 0 Å². The predicted octanol–water partition coefficient (Wildman–Crippen LogP) is 3.16. The minimum Gasteiger partial charge on any atom is -0.352 e. The SMILES string of the molecule is O=C(Cc1ccccc1Cl)N1CCN(c2ccc(Nc3ccccn3)nn2)CC1. The minimum atomic E-state index is 0.0961. The van der Waals surface area contributed by atoms with E-state index >= 15 is 0 Å². The quantitative estimate of drug-likeness (QED) is 0.699. The number of carbonyl (C=O) groups is 1. The number of hydrogen-bond acceptors (Lipinski definition) is 6. The molecular weight excluding hydrogens is 388 g/mol. The molecule has 1 N–H and O–H groups in total. The standard InChI is InChI=1S/C21H21ClN6O/c22-17-6-2-1-5-16(17)15-21(29)28-13-11-27(12-14-28)20-9-8-19(25-26-20)24-18-7-3-4-10-23-18/h1-10H,11-15H2,(H,23,24,25). The molecule has 2 aromatic heterocycles. The number of carbonyl (C=O) groups excluding carboxylic acids is 1. The lowest BCUT2D eigenvalue weighted by Gasteiger charge is -2.35. The summed E-state index contributed by atoms with van der Waals surface area (Å²) < 4.78 is 0. The van der Waals surface area contributed by atoms with Crippen molar-refractivity contribution in [1.82, 2.24) is 20.1 Å². The average Bonchev–Trinajstić information content (AvgIpc) is 2.77. The first-order valence-corrected chi connectivity index (χ1v) is 9.85. The van der Waals surface area contributed by atoms with Crippen molar-refractivity contribution in [2.75, 3.05) is 36.4 Å². The van der Waals surface area contributed by atoms with Crippen LogP contribution < -0.4 is 10.2 Å². The van der Waals surface area contributed by atoms with Gasteiger partial charge < -0.3 is 15.1 Å². The Morgan fingerprint density at radius 3 is 2.41 bits per heavy atom. The Hall–Kier alpha value is -3.19. The smallest absolute Gasteiger partial charge is 0.227 e. The normalized spacial score (nSPS) is 14.0. The Balaban J connectivity index is 1.31. The molecule has 0 unspecified atom stereocenters. The van der Waals surface area contributed by atoms with Crippen LogP contribution in [0.15, 0.2) is 60.8 Å². The number of nitrogens with zero attached hydrogens (tertiary/aromatic N) is 5. The number of benzene rings is 1. The van der Waals surface area contributed by atoms with E-state index in [0.29, 0.717) is 30.4 Å². The van der Waals surface area contributed by atoms with Gasteiger partial charge in [-0.15, -0.1) is 10.2 Å². The number of hydrogen-bond donors (Lipinski definition) is 1. The van der Waals surface area contributed by atoms with E-state index in [0.717, 1.165) is 30.3 Å². The molecule has 1 saturated heterocycles. The summed E-state index contributed by atoms with van der Waals surface area (Å²) >= 11 is 6.17. The van der Waals surface area contributed by atoms with Gasteiger partial charge in [0.15, 0.2) is 11.6 Å². The van der Waals surface area contributed by atoms with Crippen LogP contribution in [0.25, 0.3) is 0 Å². The van der Waals surface area contributed by atoms with Gasteiger partial charge in [-0.3, -0.25) is 4.79 Å². The molecule has 7 nitrogen and oxygen atoms in total. The van der Waals surface area contributed by atoms with E-state index < -0.39 is 0 Å². The fourth-order valence-corrected chi connectivity index (χ4v) is 3.43. The number of halogens is 1. The molecule has 0 atom stereocenters. The van der Waals surface area contributed by atoms with Crippen molar-refractivity contribution < 1.29 is 4.79 Å². The monoisotopic (exact) mass is 408 g/mol. The lowest BCUT2D eigenvalue weighted by atomic mass is 10.1. The van der Waals surface area contributed by atoms with Crippen LogP contribution >= 0.6 is 11.6 Å². The molecule has 8 heteroatoms. The number of nitrogens with one attached hydrogen (secondary N) is 1. The topological polar surface area (TPSA) is 74.2 Å². The molecule has 3 heterocycles. The van der Waals surface area contributed by atoms with E-state index in [4.69, 9.17) is 11.6 Å². The third-order valence-electron chi connectivity index (χ3n) is 4.83. The molecule has 0 aliphatic carbocycles. The Morgan fingerprint density at radius 2 is 1.72 bits per heavy atom. The second kappa shape index (κ2) is 8.87. The number of anilines is 3. The van der Waals surface area contributed by atoms with Crippen molar-refractivity contribution in [3.63, 3.8) is 0 Å². The molecule has 1 amide bonds. The van der Waals surface area contributed by atoms with Crippen LogP contribution in [-0.4, -0.2) is 52.2 Å². The van der Waals surface area contributed by atoms with Gasteiger partial charge in [0.05, 0.1) is 6.42 Å². The van der Waals surface area contributed by atoms with Crippen LogP contribution in [0, 0.1) is 0 Å². The zero-order valence-electron chi connectivity index (χ0n) is 15.8. The summed E-state index contributed by atoms with van der Waals surface area (Å²) in [5, 5.41) is 12.3. The van der Waals surface area contributed by atoms with Gasteiger partial charge in [0.25, 0.3) is 0 Å². The Labute approximate surface area is 174 Å². The van der Waals surface area contributed by atoms with Crippen molar-refractivity contribution in [3.05, 3.63) is 71.4 Å². The third kappa shape index (κ3) is 4.81. The van der Waals surface area contributed by atoms with Gasteiger partial charge in [-0.05, 0) is 35.9 Å². The molecule has 1 fully saturated rings. The molecule has 148 valence electrons. The average molecular weight is 409 g/mol. The maximum absolute atomic E-state index is 12.6. The van der Waals surface area contributed by atoms with Crippen LogP contribution in [0.4, 0.5) is 17.5 Å². The van der Waals surface area contributed by atoms with Gasteiger partial charge in [0.2, 0.25) is 5.91 Å². The third-order valence-corrected chi connectivity index (χ3v) is 5.20. The fraction of sp³-hybridized carbons (Fsp3) is 0.238. The summed E-state index contributed by atoms with van der Waals surface area (Å²) in [5.41, 5.74) is 0.864. The van der Waals surface area contributed by atoms with Crippen molar-refractivity contribution in [1.29, 1.82) is 0 Å². The molecule has 1 aliphatic rings. The van der Waals surface area contributed by atoms with E-state index in [1.807, 2.05) is 59.5 Å². The molecule has 0 saturated carbocycles. The molecule has 0 spiro atoms. The van der Waals surface area contributed by atoms with E-state index in [2.05, 4.69) is 25.4 Å². The van der Waals surface area contributed by atoms with E-state index in [1.54, 1.807) is 6.20 Å². The van der Waals surface area contributed by atoms with Crippen LogP contribution in [-0.2, 0) is 11.2 Å². The van der Waals surface area contributed by atoms with E-state index in [-0.39, 0.29) is 5.91 Å². The molecule has 1 aliphatic heterocycles. The first-order valence-electron chi connectivity index (χ1n) is 9.47. The predicted molar refractivity (Wildman–Crippen MR) is 114 cm³/mol. The highest BCUT2D eigenvalue weighted by Crippen LogP contribution is 2.19. The fourth-order valence-electron chi connectivity index (χ4n) is 3.23. The summed E-state index contributed by atoms with van der Waals surface area (Å²) in [6.45, 7) is 2.74. The van der Waals surface area contributed by atoms with Gasteiger partial charge >= 0.3 is 0 Å². The maximum atomic E-state index is 12.6. The molecule has 4 rings (SSSR count). The first kappa shape index (κ1) is 19.1. The highest BCUT2D eigenvalue weighted by molar-refractivity contribution is 6.31. The largest absolute Gasteiger partial charge is 0.352 e. The van der Waals surface area contributed by atoms with Crippen LogP contribution in [0.3, 0.4) is 0 Å². The van der Waals surface area contributed by atoms with Crippen molar-refractivity contribution in [3.8, 4) is 0 Å². The van der Waals surface area contributed by atoms with E-state index in [9.17, 15) is 4.79 Å². The van der Waals surface area contributed by atoms with Gasteiger partial charge in [0.1, 0.15) is 5.82 Å². The Morgan fingerprint density at radius 1 is 0.931 bits per heavy atom. The number of amides is 1. The molecule has 0 bridgehead atoms. The summed E-state index contributed by atoms with van der Waals surface area (Å²) in [4.78, 5) is 20.8. The van der Waals surface area contributed by atoms with Crippen LogP contribution in [0.5, 0.6) is 0 Å². The first-order chi connectivity index (χ1) is 14.2. The number of rotatable bonds is 5. The summed E-state index contributed by atoms with van der Waals surface area (Å²) in [7, 11) is 0. The second-order valence-electron chi connectivity index (χ2n) is 6.75. The number of aromatic nitrogens is 3. The highest BCUT2D eigenvalue weighted by Gasteiger charge is 2.22. The lowest BCUT2D eigenvalue weighted by Crippen LogP contribution is -2.49. The van der Waals surface area contributed by atoms with Gasteiger partial charge in [0, 0.05) is 37.4 Å². The molecule has 0 radical (unpaired) electrons. The molecule has 1 aromatic carbocycles. The highest BCUT2D eigenvalue weighted by atomic mass is 35.5. The zero-order chi connectivity index (χ0) is 20.1. The summed E-state index contributed by atoms with van der Waals surface area (Å²) in [6.07, 6.45) is 2.05. The molecule has 29 heavy (non-hydrogen) atoms. The van der Waals surface area contributed by atoms with Crippen molar-refractivity contribution >= 4 is 35.0 Å². The maximum Gasteiger partial charge on any atom is 0.227 e. The number of piperazine rings is 1. The van der Waals surface area contributed by atoms with Crippen LogP contribution in [0.2, 0.25) is 5.02 Å². The Kier molecular flexibility index (Phi) is 5.86. The van der Waals surface area contributed by atoms with Crippen LogP contribution in [0.1, 0.15) is 5.56 Å². The van der Waals surface area contributed by atoms with Crippen molar-refractivity contribution in [2.24, 2.45) is 0 Å². The van der Waals surface area contributed by atoms with E-state index in [1.165, 1.54) is 0 Å². The lowest BCUT2D eigenvalue weighted by molar-refractivity contribution is -0.130. The second-order valence-corrected chi connectivity index (χ2v) is 7.16. The number of pyridine rings is 1. The van der Waals surface area contributed by atoms with Gasteiger partial charge in [-0.1, -0.05) is 35.9 Å². The summed E-state index contributed by atoms with van der Waals surface area (Å²) in [5.74, 6) is 2.26. The minimum absolute atomic E-state index is 0.0961. The van der Waals surface area contributed by atoms with Gasteiger partial charge in [-0.25, -0.2) is 4.98 Å². The zero-order valence-corrected chi connectivity index (χ0v) is 16.6. The van der Waals surface area contributed by atoms with Crippen molar-refractivity contribution in [2.45, 2.75) is 6.42 Å². The summed E-state index contributed by atoms with van der Waals surface area (Å²) in [6, 6.07) is 16.9. The Bertz CT molecular complexity index is 958. The molecule has 3 aromatic rings.